The highest BCUT2D eigenvalue weighted by atomic mass is 32.2. The fourth-order valence-corrected chi connectivity index (χ4v) is 4.28. The molecule has 1 unspecified atom stereocenters. The molecular formula is C15H21NOS. The second-order valence-electron chi connectivity index (χ2n) is 5.44. The van der Waals surface area contributed by atoms with Gasteiger partial charge in [-0.25, -0.2) is 0 Å². The molecule has 1 saturated heterocycles. The van der Waals surface area contributed by atoms with E-state index in [0.29, 0.717) is 11.8 Å². The van der Waals surface area contributed by atoms with Crippen LogP contribution in [0, 0.1) is 5.92 Å². The molecule has 18 heavy (non-hydrogen) atoms. The molecule has 0 radical (unpaired) electrons. The Hall–Kier alpha value is -0.670. The average Bonchev–Trinajstić information content (AvgIpc) is 2.80. The summed E-state index contributed by atoms with van der Waals surface area (Å²) in [6.07, 6.45) is 5.02. The number of rotatable bonds is 3. The molecule has 1 aromatic carbocycles. The van der Waals surface area contributed by atoms with Crippen molar-refractivity contribution in [2.45, 2.75) is 31.7 Å². The zero-order valence-corrected chi connectivity index (χ0v) is 11.5. The summed E-state index contributed by atoms with van der Waals surface area (Å²) in [4.78, 5) is 0. The van der Waals surface area contributed by atoms with Crippen LogP contribution in [0.1, 0.15) is 36.4 Å². The largest absolute Gasteiger partial charge is 0.508 e. The summed E-state index contributed by atoms with van der Waals surface area (Å²) in [5.41, 5.74) is 2.73. The van der Waals surface area contributed by atoms with Crippen molar-refractivity contribution in [1.29, 1.82) is 0 Å². The third-order valence-corrected chi connectivity index (χ3v) is 5.25. The number of fused-ring (bicyclic) bond motifs is 1. The lowest BCUT2D eigenvalue weighted by atomic mass is 10.0. The molecule has 0 bridgehead atoms. The average molecular weight is 263 g/mol. The van der Waals surface area contributed by atoms with Crippen LogP contribution in [-0.4, -0.2) is 23.2 Å². The van der Waals surface area contributed by atoms with Gasteiger partial charge in [0.1, 0.15) is 5.75 Å². The highest BCUT2D eigenvalue weighted by molar-refractivity contribution is 7.99. The van der Waals surface area contributed by atoms with E-state index in [0.717, 1.165) is 18.9 Å². The number of nitrogens with one attached hydrogen (secondary N) is 1. The molecule has 1 aliphatic heterocycles. The summed E-state index contributed by atoms with van der Waals surface area (Å²) in [6.45, 7) is 1.16. The highest BCUT2D eigenvalue weighted by Crippen LogP contribution is 2.33. The van der Waals surface area contributed by atoms with Crippen molar-refractivity contribution in [3.8, 4) is 5.75 Å². The molecule has 1 atom stereocenters. The Labute approximate surface area is 113 Å². The molecule has 1 aliphatic carbocycles. The Bertz CT molecular complexity index is 415. The standard InChI is InChI=1S/C15H21NOS/c17-13-2-3-14-12(9-13)1-4-15(14)16-10-11-5-7-18-8-6-11/h2-3,9,11,15-17H,1,4-8,10H2. The van der Waals surface area contributed by atoms with Gasteiger partial charge >= 0.3 is 0 Å². The Morgan fingerprint density at radius 2 is 2.06 bits per heavy atom. The van der Waals surface area contributed by atoms with Gasteiger partial charge in [0.2, 0.25) is 0 Å². The molecule has 0 aromatic heterocycles. The minimum absolute atomic E-state index is 0.402. The molecule has 3 heteroatoms. The zero-order chi connectivity index (χ0) is 12.4. The molecule has 3 rings (SSSR count). The van der Waals surface area contributed by atoms with Crippen LogP contribution in [0.3, 0.4) is 0 Å². The first-order valence-electron chi connectivity index (χ1n) is 6.96. The number of hydrogen-bond acceptors (Lipinski definition) is 3. The monoisotopic (exact) mass is 263 g/mol. The van der Waals surface area contributed by atoms with Gasteiger partial charge in [-0.2, -0.15) is 11.8 Å². The van der Waals surface area contributed by atoms with Gasteiger partial charge in [-0.05, 0) is 72.9 Å². The summed E-state index contributed by atoms with van der Waals surface area (Å²) in [5, 5.41) is 13.2. The van der Waals surface area contributed by atoms with Gasteiger partial charge in [-0.1, -0.05) is 6.07 Å². The summed E-state index contributed by atoms with van der Waals surface area (Å²) in [7, 11) is 0. The van der Waals surface area contributed by atoms with Crippen molar-refractivity contribution in [1.82, 2.24) is 5.32 Å². The number of thioether (sulfide) groups is 1. The Kier molecular flexibility index (Phi) is 3.80. The van der Waals surface area contributed by atoms with Gasteiger partial charge < -0.3 is 10.4 Å². The van der Waals surface area contributed by atoms with E-state index in [1.807, 2.05) is 12.1 Å². The molecule has 2 N–H and O–H groups in total. The van der Waals surface area contributed by atoms with Crippen molar-refractivity contribution in [3.63, 3.8) is 0 Å². The minimum atomic E-state index is 0.402. The van der Waals surface area contributed by atoms with Crippen LogP contribution in [0.5, 0.6) is 5.75 Å². The maximum Gasteiger partial charge on any atom is 0.115 e. The molecule has 2 aliphatic rings. The number of benzene rings is 1. The first-order chi connectivity index (χ1) is 8.83. The normalized spacial score (nSPS) is 24.1. The quantitative estimate of drug-likeness (QED) is 0.879. The fourth-order valence-electron chi connectivity index (χ4n) is 3.08. The van der Waals surface area contributed by atoms with E-state index in [-0.39, 0.29) is 0 Å². The van der Waals surface area contributed by atoms with Gasteiger partial charge in [0, 0.05) is 6.04 Å². The third-order valence-electron chi connectivity index (χ3n) is 4.20. The number of phenolic OH excluding ortho intramolecular Hbond substituents is 1. The molecule has 1 aromatic rings. The summed E-state index contributed by atoms with van der Waals surface area (Å²) in [5.74, 6) is 3.94. The van der Waals surface area contributed by atoms with Crippen LogP contribution in [0.4, 0.5) is 0 Å². The maximum absolute atomic E-state index is 9.49. The molecular weight excluding hydrogens is 242 g/mol. The van der Waals surface area contributed by atoms with E-state index in [1.165, 1.54) is 41.9 Å². The van der Waals surface area contributed by atoms with Gasteiger partial charge in [0.25, 0.3) is 0 Å². The van der Waals surface area contributed by atoms with Crippen molar-refractivity contribution in [2.75, 3.05) is 18.1 Å². The highest BCUT2D eigenvalue weighted by Gasteiger charge is 2.23. The fraction of sp³-hybridized carbons (Fsp3) is 0.600. The predicted octanol–water partition coefficient (Wildman–Crippen LogP) is 3.11. The molecule has 0 saturated carbocycles. The summed E-state index contributed by atoms with van der Waals surface area (Å²) < 4.78 is 0. The number of aromatic hydroxyl groups is 1. The third kappa shape index (κ3) is 2.67. The molecule has 98 valence electrons. The number of hydrogen-bond donors (Lipinski definition) is 2. The van der Waals surface area contributed by atoms with Crippen LogP contribution >= 0.6 is 11.8 Å². The van der Waals surface area contributed by atoms with Crippen molar-refractivity contribution in [3.05, 3.63) is 29.3 Å². The second kappa shape index (κ2) is 5.54. The van der Waals surface area contributed by atoms with Gasteiger partial charge in [-0.15, -0.1) is 0 Å². The lowest BCUT2D eigenvalue weighted by Crippen LogP contribution is -2.28. The van der Waals surface area contributed by atoms with E-state index >= 15 is 0 Å². The molecule has 0 spiro atoms. The van der Waals surface area contributed by atoms with Crippen molar-refractivity contribution < 1.29 is 5.11 Å². The number of phenols is 1. The smallest absolute Gasteiger partial charge is 0.115 e. The second-order valence-corrected chi connectivity index (χ2v) is 6.66. The minimum Gasteiger partial charge on any atom is -0.508 e. The first-order valence-corrected chi connectivity index (χ1v) is 8.11. The zero-order valence-electron chi connectivity index (χ0n) is 10.7. The SMILES string of the molecule is Oc1ccc2c(c1)CCC2NCC1CCSCC1. The Morgan fingerprint density at radius 3 is 2.89 bits per heavy atom. The molecule has 1 heterocycles. The maximum atomic E-state index is 9.49. The van der Waals surface area contributed by atoms with Crippen LogP contribution in [0.25, 0.3) is 0 Å². The lowest BCUT2D eigenvalue weighted by molar-refractivity contribution is 0.409. The van der Waals surface area contributed by atoms with E-state index in [1.54, 1.807) is 0 Å². The van der Waals surface area contributed by atoms with Gasteiger partial charge in [0.15, 0.2) is 0 Å². The van der Waals surface area contributed by atoms with Crippen LogP contribution < -0.4 is 5.32 Å². The van der Waals surface area contributed by atoms with E-state index < -0.39 is 0 Å². The molecule has 2 nitrogen and oxygen atoms in total. The Balaban J connectivity index is 1.59. The van der Waals surface area contributed by atoms with Crippen molar-refractivity contribution >= 4 is 11.8 Å². The van der Waals surface area contributed by atoms with Crippen molar-refractivity contribution in [2.24, 2.45) is 5.92 Å². The topological polar surface area (TPSA) is 32.3 Å². The van der Waals surface area contributed by atoms with E-state index in [4.69, 9.17) is 0 Å². The van der Waals surface area contributed by atoms with Crippen LogP contribution in [0.15, 0.2) is 18.2 Å². The molecule has 0 amide bonds. The van der Waals surface area contributed by atoms with E-state index in [9.17, 15) is 5.11 Å². The lowest BCUT2D eigenvalue weighted by Gasteiger charge is -2.24. The predicted molar refractivity (Wildman–Crippen MR) is 77.2 cm³/mol. The summed E-state index contributed by atoms with van der Waals surface area (Å²) >= 11 is 2.09. The van der Waals surface area contributed by atoms with Gasteiger partial charge in [0.05, 0.1) is 0 Å². The van der Waals surface area contributed by atoms with Gasteiger partial charge in [-0.3, -0.25) is 0 Å². The Morgan fingerprint density at radius 1 is 1.22 bits per heavy atom. The van der Waals surface area contributed by atoms with Crippen LogP contribution in [-0.2, 0) is 6.42 Å². The molecule has 1 fully saturated rings. The number of aryl methyl sites for hydroxylation is 1. The summed E-state index contributed by atoms with van der Waals surface area (Å²) in [6, 6.07) is 6.34. The van der Waals surface area contributed by atoms with Crippen LogP contribution in [0.2, 0.25) is 0 Å². The van der Waals surface area contributed by atoms with E-state index in [2.05, 4.69) is 23.1 Å². The first kappa shape index (κ1) is 12.4.